The summed E-state index contributed by atoms with van der Waals surface area (Å²) in [7, 11) is 1.65. The summed E-state index contributed by atoms with van der Waals surface area (Å²) in [6, 6.07) is 5.66. The van der Waals surface area contributed by atoms with Crippen molar-refractivity contribution in [3.8, 4) is 5.75 Å². The van der Waals surface area contributed by atoms with Gasteiger partial charge in [-0.2, -0.15) is 0 Å². The average molecular weight is 264 g/mol. The summed E-state index contributed by atoms with van der Waals surface area (Å²) in [4.78, 5) is 11.8. The number of hydrogen-bond donors (Lipinski definition) is 2. The Morgan fingerprint density at radius 1 is 1.42 bits per heavy atom. The Kier molecular flexibility index (Phi) is 4.95. The summed E-state index contributed by atoms with van der Waals surface area (Å²) in [5, 5.41) is 2.87. The molecular formula is C15H24N2O2. The van der Waals surface area contributed by atoms with Crippen LogP contribution in [0.1, 0.15) is 45.6 Å². The van der Waals surface area contributed by atoms with Gasteiger partial charge in [-0.25, -0.2) is 0 Å². The minimum atomic E-state index is -0.503. The fraction of sp³-hybridized carbons (Fsp3) is 0.533. The molecule has 0 bridgehead atoms. The number of amides is 1. The second kappa shape index (κ2) is 6.06. The lowest BCUT2D eigenvalue weighted by Gasteiger charge is -2.18. The largest absolute Gasteiger partial charge is 0.496 e. The fourth-order valence-corrected chi connectivity index (χ4v) is 1.88. The molecule has 19 heavy (non-hydrogen) atoms. The molecule has 0 aliphatic rings. The molecule has 106 valence electrons. The van der Waals surface area contributed by atoms with Gasteiger partial charge in [0.1, 0.15) is 5.75 Å². The third kappa shape index (κ3) is 4.91. The molecule has 0 saturated carbocycles. The van der Waals surface area contributed by atoms with Crippen LogP contribution in [0.2, 0.25) is 0 Å². The summed E-state index contributed by atoms with van der Waals surface area (Å²) in [5.74, 6) is 1.09. The number of hydrogen-bond acceptors (Lipinski definition) is 3. The topological polar surface area (TPSA) is 64.3 Å². The molecule has 0 radical (unpaired) electrons. The number of anilines is 1. The minimum absolute atomic E-state index is 0.0765. The second-order valence-electron chi connectivity index (χ2n) is 5.82. The maximum Gasteiger partial charge on any atom is 0.226 e. The van der Waals surface area contributed by atoms with Crippen LogP contribution in [0, 0.1) is 0 Å². The molecule has 0 aliphatic heterocycles. The molecule has 0 saturated heterocycles. The van der Waals surface area contributed by atoms with E-state index >= 15 is 0 Å². The van der Waals surface area contributed by atoms with Crippen molar-refractivity contribution < 1.29 is 9.53 Å². The number of nitrogens with one attached hydrogen (secondary N) is 1. The predicted octanol–water partition coefficient (Wildman–Crippen LogP) is 2.88. The van der Waals surface area contributed by atoms with Crippen LogP contribution in [0.3, 0.4) is 0 Å². The minimum Gasteiger partial charge on any atom is -0.496 e. The van der Waals surface area contributed by atoms with Crippen LogP contribution >= 0.6 is 0 Å². The van der Waals surface area contributed by atoms with Crippen LogP contribution in [-0.2, 0) is 4.79 Å². The molecular weight excluding hydrogens is 240 g/mol. The molecule has 1 aromatic carbocycles. The predicted molar refractivity (Wildman–Crippen MR) is 78.6 cm³/mol. The van der Waals surface area contributed by atoms with E-state index in [0.29, 0.717) is 5.92 Å². The van der Waals surface area contributed by atoms with Gasteiger partial charge in [-0.1, -0.05) is 13.8 Å². The lowest BCUT2D eigenvalue weighted by molar-refractivity contribution is -0.117. The van der Waals surface area contributed by atoms with Crippen molar-refractivity contribution in [1.29, 1.82) is 0 Å². The van der Waals surface area contributed by atoms with E-state index in [0.717, 1.165) is 17.0 Å². The van der Waals surface area contributed by atoms with Gasteiger partial charge in [0.25, 0.3) is 0 Å². The van der Waals surface area contributed by atoms with Crippen LogP contribution in [0.25, 0.3) is 0 Å². The van der Waals surface area contributed by atoms with Crippen molar-refractivity contribution in [2.24, 2.45) is 5.73 Å². The summed E-state index contributed by atoms with van der Waals surface area (Å²) in [5.41, 5.74) is 7.18. The van der Waals surface area contributed by atoms with Crippen LogP contribution in [0.5, 0.6) is 5.75 Å². The smallest absolute Gasteiger partial charge is 0.226 e. The second-order valence-corrected chi connectivity index (χ2v) is 5.82. The first kappa shape index (κ1) is 15.5. The zero-order valence-corrected chi connectivity index (χ0v) is 12.4. The van der Waals surface area contributed by atoms with Gasteiger partial charge >= 0.3 is 0 Å². The number of benzene rings is 1. The van der Waals surface area contributed by atoms with E-state index in [9.17, 15) is 4.79 Å². The van der Waals surface area contributed by atoms with Crippen molar-refractivity contribution in [2.45, 2.75) is 45.6 Å². The van der Waals surface area contributed by atoms with Crippen LogP contribution in [0.15, 0.2) is 18.2 Å². The van der Waals surface area contributed by atoms with Crippen LogP contribution in [-0.4, -0.2) is 18.6 Å². The number of carbonyl (C=O) groups is 1. The number of methoxy groups -OCH3 is 1. The van der Waals surface area contributed by atoms with Gasteiger partial charge in [0, 0.05) is 17.6 Å². The molecule has 0 atom stereocenters. The van der Waals surface area contributed by atoms with Crippen LogP contribution in [0.4, 0.5) is 5.69 Å². The lowest BCUT2D eigenvalue weighted by atomic mass is 10.0. The highest BCUT2D eigenvalue weighted by molar-refractivity contribution is 5.91. The van der Waals surface area contributed by atoms with Crippen molar-refractivity contribution in [1.82, 2.24) is 0 Å². The molecule has 3 N–H and O–H groups in total. The van der Waals surface area contributed by atoms with E-state index in [4.69, 9.17) is 10.5 Å². The summed E-state index contributed by atoms with van der Waals surface area (Å²) >= 11 is 0. The maximum atomic E-state index is 11.8. The fourth-order valence-electron chi connectivity index (χ4n) is 1.88. The molecule has 1 aromatic rings. The van der Waals surface area contributed by atoms with Crippen molar-refractivity contribution in [2.75, 3.05) is 12.4 Å². The molecule has 0 aliphatic carbocycles. The van der Waals surface area contributed by atoms with E-state index in [-0.39, 0.29) is 12.3 Å². The SMILES string of the molecule is COc1ccc(NC(=O)CC(C)(C)N)cc1C(C)C. The Morgan fingerprint density at radius 2 is 2.05 bits per heavy atom. The first-order valence-electron chi connectivity index (χ1n) is 6.49. The van der Waals surface area contributed by atoms with Crippen LogP contribution < -0.4 is 15.8 Å². The highest BCUT2D eigenvalue weighted by Gasteiger charge is 2.17. The lowest BCUT2D eigenvalue weighted by Crippen LogP contribution is -2.36. The van der Waals surface area contributed by atoms with E-state index in [1.165, 1.54) is 0 Å². The summed E-state index contributed by atoms with van der Waals surface area (Å²) in [6.45, 7) is 7.85. The molecule has 0 fully saturated rings. The van der Waals surface area contributed by atoms with Gasteiger partial charge in [0.05, 0.1) is 7.11 Å². The first-order valence-corrected chi connectivity index (χ1v) is 6.49. The number of nitrogens with two attached hydrogens (primary N) is 1. The standard InChI is InChI=1S/C15H24N2O2/c1-10(2)12-8-11(6-7-13(12)19-5)17-14(18)9-15(3,4)16/h6-8,10H,9,16H2,1-5H3,(H,17,18). The highest BCUT2D eigenvalue weighted by Crippen LogP contribution is 2.29. The van der Waals surface area contributed by atoms with Crippen molar-refractivity contribution in [3.05, 3.63) is 23.8 Å². The normalized spacial score (nSPS) is 11.5. The number of ether oxygens (including phenoxy) is 1. The molecule has 0 spiro atoms. The molecule has 1 amide bonds. The molecule has 0 heterocycles. The molecule has 0 unspecified atom stereocenters. The maximum absolute atomic E-state index is 11.8. The monoisotopic (exact) mass is 264 g/mol. The molecule has 1 rings (SSSR count). The Bertz CT molecular complexity index is 448. The summed E-state index contributed by atoms with van der Waals surface area (Å²) in [6.07, 6.45) is 0.288. The zero-order valence-electron chi connectivity index (χ0n) is 12.4. The van der Waals surface area contributed by atoms with Gasteiger partial charge in [-0.05, 0) is 43.5 Å². The number of carbonyl (C=O) groups excluding carboxylic acids is 1. The van der Waals surface area contributed by atoms with Gasteiger partial charge in [-0.15, -0.1) is 0 Å². The Balaban J connectivity index is 2.85. The van der Waals surface area contributed by atoms with Gasteiger partial charge in [0.15, 0.2) is 0 Å². The zero-order chi connectivity index (χ0) is 14.6. The molecule has 0 aromatic heterocycles. The quantitative estimate of drug-likeness (QED) is 0.859. The molecule has 4 heteroatoms. The van der Waals surface area contributed by atoms with E-state index in [2.05, 4.69) is 19.2 Å². The Labute approximate surface area is 115 Å². The third-order valence-corrected chi connectivity index (χ3v) is 2.75. The highest BCUT2D eigenvalue weighted by atomic mass is 16.5. The van der Waals surface area contributed by atoms with Crippen molar-refractivity contribution >= 4 is 11.6 Å². The average Bonchev–Trinajstić information content (AvgIpc) is 2.26. The van der Waals surface area contributed by atoms with Gasteiger partial charge in [-0.3, -0.25) is 4.79 Å². The molecule has 4 nitrogen and oxygen atoms in total. The number of rotatable bonds is 5. The van der Waals surface area contributed by atoms with Gasteiger partial charge < -0.3 is 15.8 Å². The van der Waals surface area contributed by atoms with Gasteiger partial charge in [0.2, 0.25) is 5.91 Å². The third-order valence-electron chi connectivity index (χ3n) is 2.75. The summed E-state index contributed by atoms with van der Waals surface area (Å²) < 4.78 is 5.31. The Morgan fingerprint density at radius 3 is 2.53 bits per heavy atom. The van der Waals surface area contributed by atoms with E-state index < -0.39 is 5.54 Å². The van der Waals surface area contributed by atoms with E-state index in [1.807, 2.05) is 32.0 Å². The Hall–Kier alpha value is -1.55. The van der Waals surface area contributed by atoms with E-state index in [1.54, 1.807) is 7.11 Å². The van der Waals surface area contributed by atoms with Crippen molar-refractivity contribution in [3.63, 3.8) is 0 Å². The first-order chi connectivity index (χ1) is 8.73.